The predicted molar refractivity (Wildman–Crippen MR) is 57.9 cm³/mol. The fourth-order valence-corrected chi connectivity index (χ4v) is 1.50. The third kappa shape index (κ3) is 7.93. The minimum atomic E-state index is -0.418. The summed E-state index contributed by atoms with van der Waals surface area (Å²) < 4.78 is 5.11. The van der Waals surface area contributed by atoms with Crippen LogP contribution in [0.1, 0.15) is 27.7 Å². The number of thioether (sulfide) groups is 1. The van der Waals surface area contributed by atoms with E-state index in [1.54, 1.807) is 0 Å². The number of carbonyl (C=O) groups excluding carboxylic acids is 1. The molecule has 0 saturated heterocycles. The van der Waals surface area contributed by atoms with Crippen LogP contribution in [0.4, 0.5) is 0 Å². The van der Waals surface area contributed by atoms with Gasteiger partial charge in [0, 0.05) is 5.75 Å². The lowest BCUT2D eigenvalue weighted by atomic mass is 10.2. The van der Waals surface area contributed by atoms with Crippen LogP contribution in [-0.2, 0) is 9.53 Å². The molecule has 3 nitrogen and oxygen atoms in total. The summed E-state index contributed by atoms with van der Waals surface area (Å²) in [5.41, 5.74) is -0.418. The summed E-state index contributed by atoms with van der Waals surface area (Å²) in [5.74, 6) is 0.772. The van der Waals surface area contributed by atoms with E-state index in [-0.39, 0.29) is 11.9 Å². The maximum Gasteiger partial charge on any atom is 0.316 e. The topological polar surface area (TPSA) is 50.1 Å². The highest BCUT2D eigenvalue weighted by Gasteiger charge is 2.16. The molecule has 0 aromatic carbocycles. The number of nitriles is 1. The van der Waals surface area contributed by atoms with Crippen molar-refractivity contribution in [1.82, 2.24) is 0 Å². The molecule has 0 amide bonds. The molecule has 1 atom stereocenters. The lowest BCUT2D eigenvalue weighted by Crippen LogP contribution is -2.25. The Morgan fingerprint density at radius 1 is 1.57 bits per heavy atom. The molecule has 0 saturated carbocycles. The minimum Gasteiger partial charge on any atom is -0.459 e. The van der Waals surface area contributed by atoms with Crippen molar-refractivity contribution in [1.29, 1.82) is 5.26 Å². The molecule has 4 heteroatoms. The summed E-state index contributed by atoms with van der Waals surface area (Å²) in [4.78, 5) is 11.2. The monoisotopic (exact) mass is 215 g/mol. The largest absolute Gasteiger partial charge is 0.459 e. The van der Waals surface area contributed by atoms with Crippen molar-refractivity contribution in [3.05, 3.63) is 0 Å². The number of hydrogen-bond donors (Lipinski definition) is 0. The molecular formula is C10H17NO2S. The molecule has 0 rings (SSSR count). The molecule has 1 unspecified atom stereocenters. The summed E-state index contributed by atoms with van der Waals surface area (Å²) in [6.07, 6.45) is 0. The Kier molecular flexibility index (Phi) is 5.63. The molecule has 0 aliphatic heterocycles. The Bertz CT molecular complexity index is 227. The van der Waals surface area contributed by atoms with Crippen molar-refractivity contribution in [2.24, 2.45) is 5.92 Å². The zero-order chi connectivity index (χ0) is 11.2. The van der Waals surface area contributed by atoms with Crippen molar-refractivity contribution >= 4 is 17.7 Å². The van der Waals surface area contributed by atoms with Crippen LogP contribution in [-0.4, -0.2) is 23.1 Å². The maximum absolute atomic E-state index is 11.2. The fourth-order valence-electron chi connectivity index (χ4n) is 0.727. The van der Waals surface area contributed by atoms with Gasteiger partial charge in [-0.1, -0.05) is 0 Å². The number of hydrogen-bond acceptors (Lipinski definition) is 4. The van der Waals surface area contributed by atoms with Crippen LogP contribution >= 0.6 is 11.8 Å². The molecule has 0 aliphatic rings. The molecule has 0 radical (unpaired) electrons. The highest BCUT2D eigenvalue weighted by molar-refractivity contribution is 7.99. The second-order valence-electron chi connectivity index (χ2n) is 4.13. The van der Waals surface area contributed by atoms with Crippen molar-refractivity contribution in [2.45, 2.75) is 33.3 Å². The molecule has 0 spiro atoms. The van der Waals surface area contributed by atoms with Gasteiger partial charge >= 0.3 is 5.97 Å². The number of carbonyl (C=O) groups is 1. The number of esters is 1. The van der Waals surface area contributed by atoms with Gasteiger partial charge in [-0.3, -0.25) is 4.79 Å². The summed E-state index contributed by atoms with van der Waals surface area (Å²) in [6, 6.07) is 2.11. The Morgan fingerprint density at radius 2 is 2.14 bits per heavy atom. The summed E-state index contributed by atoms with van der Waals surface area (Å²) in [6.45, 7) is 7.36. The van der Waals surface area contributed by atoms with Gasteiger partial charge in [0.1, 0.15) is 5.60 Å². The van der Waals surface area contributed by atoms with E-state index in [1.165, 1.54) is 11.8 Å². The van der Waals surface area contributed by atoms with Crippen LogP contribution in [0.3, 0.4) is 0 Å². The molecular weight excluding hydrogens is 198 g/mol. The summed E-state index contributed by atoms with van der Waals surface area (Å²) in [7, 11) is 0. The van der Waals surface area contributed by atoms with E-state index in [1.807, 2.05) is 27.7 Å². The van der Waals surface area contributed by atoms with E-state index in [4.69, 9.17) is 10.00 Å². The van der Waals surface area contributed by atoms with Crippen molar-refractivity contribution < 1.29 is 9.53 Å². The van der Waals surface area contributed by atoms with Gasteiger partial charge in [-0.05, 0) is 27.7 Å². The highest BCUT2D eigenvalue weighted by atomic mass is 32.2. The van der Waals surface area contributed by atoms with Crippen LogP contribution in [0.15, 0.2) is 0 Å². The van der Waals surface area contributed by atoms with Gasteiger partial charge in [0.25, 0.3) is 0 Å². The second kappa shape index (κ2) is 5.92. The van der Waals surface area contributed by atoms with E-state index >= 15 is 0 Å². The SMILES string of the molecule is CC(C#N)CSCC(=O)OC(C)(C)C. The fraction of sp³-hybridized carbons (Fsp3) is 0.800. The molecule has 0 bridgehead atoms. The quantitative estimate of drug-likeness (QED) is 0.675. The first kappa shape index (κ1) is 13.3. The van der Waals surface area contributed by atoms with Crippen LogP contribution in [0.5, 0.6) is 0 Å². The third-order valence-corrected chi connectivity index (χ3v) is 2.40. The first-order valence-electron chi connectivity index (χ1n) is 4.54. The minimum absolute atomic E-state index is 0.0116. The van der Waals surface area contributed by atoms with Gasteiger partial charge in [0.15, 0.2) is 0 Å². The predicted octanol–water partition coefficient (Wildman–Crippen LogP) is 2.22. The maximum atomic E-state index is 11.2. The molecule has 0 aliphatic carbocycles. The highest BCUT2D eigenvalue weighted by Crippen LogP contribution is 2.12. The first-order valence-corrected chi connectivity index (χ1v) is 5.70. The van der Waals surface area contributed by atoms with Crippen LogP contribution in [0, 0.1) is 17.2 Å². The average Bonchev–Trinajstić information content (AvgIpc) is 2.00. The first-order chi connectivity index (χ1) is 6.35. The van der Waals surface area contributed by atoms with Gasteiger partial charge in [-0.2, -0.15) is 5.26 Å². The zero-order valence-corrected chi connectivity index (χ0v) is 9.98. The van der Waals surface area contributed by atoms with Gasteiger partial charge in [-0.15, -0.1) is 11.8 Å². The van der Waals surface area contributed by atoms with E-state index in [0.29, 0.717) is 11.5 Å². The van der Waals surface area contributed by atoms with Crippen LogP contribution in [0.25, 0.3) is 0 Å². The zero-order valence-electron chi connectivity index (χ0n) is 9.16. The van der Waals surface area contributed by atoms with Crippen molar-refractivity contribution in [3.63, 3.8) is 0 Å². The van der Waals surface area contributed by atoms with Gasteiger partial charge in [-0.25, -0.2) is 0 Å². The van der Waals surface area contributed by atoms with Crippen molar-refractivity contribution in [3.8, 4) is 6.07 Å². The molecule has 14 heavy (non-hydrogen) atoms. The van der Waals surface area contributed by atoms with Crippen molar-refractivity contribution in [2.75, 3.05) is 11.5 Å². The second-order valence-corrected chi connectivity index (χ2v) is 5.16. The normalized spacial score (nSPS) is 13.1. The van der Waals surface area contributed by atoms with E-state index < -0.39 is 5.60 Å². The van der Waals surface area contributed by atoms with E-state index in [0.717, 1.165) is 0 Å². The average molecular weight is 215 g/mol. The molecule has 0 fully saturated rings. The molecule has 80 valence electrons. The van der Waals surface area contributed by atoms with Gasteiger partial charge in [0.05, 0.1) is 17.7 Å². The Hall–Kier alpha value is -0.690. The lowest BCUT2D eigenvalue weighted by Gasteiger charge is -2.19. The number of ether oxygens (including phenoxy) is 1. The molecule has 0 N–H and O–H groups in total. The summed E-state index contributed by atoms with van der Waals surface area (Å²) >= 11 is 1.44. The Labute approximate surface area is 89.8 Å². The Morgan fingerprint density at radius 3 is 2.57 bits per heavy atom. The molecule has 0 aromatic rings. The smallest absolute Gasteiger partial charge is 0.316 e. The van der Waals surface area contributed by atoms with E-state index in [2.05, 4.69) is 6.07 Å². The Balaban J connectivity index is 3.62. The van der Waals surface area contributed by atoms with Gasteiger partial charge < -0.3 is 4.74 Å². The third-order valence-electron chi connectivity index (χ3n) is 1.23. The van der Waals surface area contributed by atoms with Crippen LogP contribution in [0.2, 0.25) is 0 Å². The standard InChI is InChI=1S/C10H17NO2S/c1-8(5-11)6-14-7-9(12)13-10(2,3)4/h8H,6-7H2,1-4H3. The molecule has 0 aromatic heterocycles. The molecule has 0 heterocycles. The van der Waals surface area contributed by atoms with Gasteiger partial charge in [0.2, 0.25) is 0 Å². The lowest BCUT2D eigenvalue weighted by molar-refractivity contribution is -0.151. The number of rotatable bonds is 4. The summed E-state index contributed by atoms with van der Waals surface area (Å²) in [5, 5.41) is 8.51. The van der Waals surface area contributed by atoms with E-state index in [9.17, 15) is 4.79 Å². The van der Waals surface area contributed by atoms with Crippen LogP contribution < -0.4 is 0 Å². The number of nitrogens with zero attached hydrogens (tertiary/aromatic N) is 1.